The summed E-state index contributed by atoms with van der Waals surface area (Å²) in [7, 11) is 1.73. The van der Waals surface area contributed by atoms with E-state index in [0.717, 1.165) is 101 Å². The van der Waals surface area contributed by atoms with Crippen molar-refractivity contribution in [1.29, 1.82) is 0 Å². The predicted molar refractivity (Wildman–Crippen MR) is 231 cm³/mol. The average Bonchev–Trinajstić information content (AvgIpc) is 3.93. The molecule has 2 saturated heterocycles. The van der Waals surface area contributed by atoms with Crippen molar-refractivity contribution in [2.45, 2.75) is 111 Å². The molecule has 14 heteroatoms. The number of thiazole rings is 1. The number of pyridine rings is 1. The van der Waals surface area contributed by atoms with E-state index in [1.165, 1.54) is 16.3 Å². The van der Waals surface area contributed by atoms with Crippen LogP contribution in [-0.2, 0) is 43.2 Å². The van der Waals surface area contributed by atoms with Crippen LogP contribution in [0.25, 0.3) is 33.4 Å². The highest BCUT2D eigenvalue weighted by Crippen LogP contribution is 2.43. The summed E-state index contributed by atoms with van der Waals surface area (Å²) >= 11 is 1.49. The number of methoxy groups -OCH3 is 1. The number of hydrazine groups is 1. The minimum Gasteiger partial charge on any atom is -0.464 e. The zero-order valence-corrected chi connectivity index (χ0v) is 36.5. The molecule has 8 rings (SSSR count). The zero-order chi connectivity index (χ0) is 41.6. The number of carbonyl (C=O) groups is 3. The summed E-state index contributed by atoms with van der Waals surface area (Å²) in [6.07, 6.45) is 5.47. The fraction of sp³-hybridized carbons (Fsp3) is 0.578. The van der Waals surface area contributed by atoms with E-state index in [4.69, 9.17) is 19.4 Å². The lowest BCUT2D eigenvalue weighted by molar-refractivity contribution is -0.155. The van der Waals surface area contributed by atoms with Crippen LogP contribution in [0.1, 0.15) is 89.6 Å². The maximum atomic E-state index is 14.1. The van der Waals surface area contributed by atoms with Crippen molar-refractivity contribution in [2.75, 3.05) is 51.3 Å². The Morgan fingerprint density at radius 1 is 1.08 bits per heavy atom. The Morgan fingerprint density at radius 2 is 1.86 bits per heavy atom. The van der Waals surface area contributed by atoms with Gasteiger partial charge in [-0.05, 0) is 83.6 Å². The largest absolute Gasteiger partial charge is 0.464 e. The molecule has 0 spiro atoms. The Kier molecular flexibility index (Phi) is 11.9. The van der Waals surface area contributed by atoms with Crippen LogP contribution in [0.3, 0.4) is 0 Å². The van der Waals surface area contributed by atoms with Gasteiger partial charge in [-0.15, -0.1) is 11.3 Å². The third-order valence-corrected chi connectivity index (χ3v) is 13.4. The highest BCUT2D eigenvalue weighted by Gasteiger charge is 2.38. The van der Waals surface area contributed by atoms with Crippen LogP contribution < -0.4 is 15.6 Å². The SMILES string of the molecule is CCn1c(-c2cc(N3CCN(C(C)C)CC3)cnc2C(C)OC)c2c3cc(ccc31)-c1csc(n1)CC(NC(=O)C1CC1)C(=O)N1CCCC(N1)C(=O)OCC(C)(C)C2. The lowest BCUT2D eigenvalue weighted by Crippen LogP contribution is -2.60. The summed E-state index contributed by atoms with van der Waals surface area (Å²) in [6, 6.07) is 7.88. The molecule has 316 valence electrons. The number of hydrogen-bond acceptors (Lipinski definition) is 11. The lowest BCUT2D eigenvalue weighted by atomic mass is 9.84. The van der Waals surface area contributed by atoms with Crippen molar-refractivity contribution in [1.82, 2.24) is 35.2 Å². The maximum Gasteiger partial charge on any atom is 0.324 e. The molecule has 3 atom stereocenters. The number of carbonyl (C=O) groups excluding carboxylic acids is 3. The molecule has 3 unspecified atom stereocenters. The normalized spacial score (nSPS) is 22.4. The minimum absolute atomic E-state index is 0.0585. The fourth-order valence-electron chi connectivity index (χ4n) is 8.90. The second kappa shape index (κ2) is 16.9. The second-order valence-corrected chi connectivity index (χ2v) is 18.8. The molecule has 13 nitrogen and oxygen atoms in total. The van der Waals surface area contributed by atoms with Crippen LogP contribution in [0.15, 0.2) is 35.8 Å². The Balaban J connectivity index is 1.25. The lowest BCUT2D eigenvalue weighted by Gasteiger charge is -2.38. The van der Waals surface area contributed by atoms with E-state index in [-0.39, 0.29) is 42.8 Å². The number of ether oxygens (including phenoxy) is 2. The van der Waals surface area contributed by atoms with Gasteiger partial charge in [0.05, 0.1) is 46.7 Å². The number of hydrogen-bond donors (Lipinski definition) is 2. The van der Waals surface area contributed by atoms with Gasteiger partial charge in [0.2, 0.25) is 5.91 Å². The number of fused-ring (bicyclic) bond motifs is 6. The van der Waals surface area contributed by atoms with E-state index < -0.39 is 17.5 Å². The molecule has 59 heavy (non-hydrogen) atoms. The molecule has 4 aromatic rings. The monoisotopic (exact) mass is 824 g/mol. The van der Waals surface area contributed by atoms with Crippen molar-refractivity contribution < 1.29 is 23.9 Å². The summed E-state index contributed by atoms with van der Waals surface area (Å²) in [5.41, 5.74) is 10.9. The Bertz CT molecular complexity index is 2200. The molecule has 2 N–H and O–H groups in total. The van der Waals surface area contributed by atoms with Crippen molar-refractivity contribution in [3.05, 3.63) is 52.1 Å². The van der Waals surface area contributed by atoms with Gasteiger partial charge >= 0.3 is 5.97 Å². The quantitative estimate of drug-likeness (QED) is 0.200. The first-order valence-corrected chi connectivity index (χ1v) is 22.4. The van der Waals surface area contributed by atoms with Crippen LogP contribution in [-0.4, -0.2) is 107 Å². The van der Waals surface area contributed by atoms with Crippen molar-refractivity contribution in [3.8, 4) is 22.5 Å². The van der Waals surface area contributed by atoms with E-state index in [1.54, 1.807) is 7.11 Å². The number of benzene rings is 1. The predicted octanol–water partition coefficient (Wildman–Crippen LogP) is 6.14. The van der Waals surface area contributed by atoms with Gasteiger partial charge in [-0.2, -0.15) is 0 Å². The molecule has 2 amide bonds. The molecular weight excluding hydrogens is 765 g/mol. The summed E-state index contributed by atoms with van der Waals surface area (Å²) in [4.78, 5) is 56.1. The molecule has 3 aliphatic heterocycles. The molecule has 1 aromatic carbocycles. The van der Waals surface area contributed by atoms with Gasteiger partial charge < -0.3 is 24.3 Å². The third kappa shape index (κ3) is 8.64. The molecule has 3 fully saturated rings. The van der Waals surface area contributed by atoms with Gasteiger partial charge in [0, 0.05) is 97.6 Å². The number of nitrogens with zero attached hydrogens (tertiary/aromatic N) is 6. The van der Waals surface area contributed by atoms with Gasteiger partial charge in [-0.25, -0.2) is 10.4 Å². The first kappa shape index (κ1) is 41.4. The van der Waals surface area contributed by atoms with E-state index in [9.17, 15) is 14.4 Å². The highest BCUT2D eigenvalue weighted by atomic mass is 32.1. The van der Waals surface area contributed by atoms with E-state index >= 15 is 0 Å². The number of aromatic nitrogens is 3. The third-order valence-electron chi connectivity index (χ3n) is 12.6. The number of anilines is 1. The molecule has 6 bridgehead atoms. The summed E-state index contributed by atoms with van der Waals surface area (Å²) in [5, 5.41) is 8.44. The van der Waals surface area contributed by atoms with Crippen molar-refractivity contribution in [2.24, 2.45) is 11.3 Å². The topological polar surface area (TPSA) is 134 Å². The van der Waals surface area contributed by atoms with Gasteiger partial charge in [0.15, 0.2) is 0 Å². The van der Waals surface area contributed by atoms with Gasteiger partial charge in [-0.1, -0.05) is 19.9 Å². The van der Waals surface area contributed by atoms with E-state index in [2.05, 4.69) is 90.9 Å². The highest BCUT2D eigenvalue weighted by molar-refractivity contribution is 7.10. The maximum absolute atomic E-state index is 14.1. The van der Waals surface area contributed by atoms with Gasteiger partial charge in [0.25, 0.3) is 5.91 Å². The summed E-state index contributed by atoms with van der Waals surface area (Å²) < 4.78 is 14.5. The molecule has 3 aromatic heterocycles. The van der Waals surface area contributed by atoms with Crippen LogP contribution in [0.2, 0.25) is 0 Å². The number of cyclic esters (lactones) is 1. The van der Waals surface area contributed by atoms with E-state index in [1.807, 2.05) is 11.6 Å². The second-order valence-electron chi connectivity index (χ2n) is 17.9. The number of piperazine rings is 1. The number of amides is 2. The molecule has 1 saturated carbocycles. The molecule has 0 radical (unpaired) electrons. The number of aryl methyl sites for hydroxylation is 1. The van der Waals surface area contributed by atoms with Crippen molar-refractivity contribution in [3.63, 3.8) is 0 Å². The number of esters is 1. The Morgan fingerprint density at radius 3 is 2.58 bits per heavy atom. The average molecular weight is 825 g/mol. The standard InChI is InChI=1S/C45H60N8O5S/c1-8-52-38-14-13-30-20-32(38)34(41(52)33-21-31(24-46-40(33)28(4)57-7)51-18-16-50(17-19-51)27(2)3)23-45(5,6)26-58-44(56)35-10-9-15-53(49-35)43(55)36(48-42(54)29-11-12-29)22-39-47-37(30)25-59-39/h13-14,20-21,24-25,27-29,35-36,49H,8-12,15-19,22-23,26H2,1-7H3,(H,48,54). The number of nitrogens with one attached hydrogen (secondary N) is 2. The van der Waals surface area contributed by atoms with Crippen LogP contribution in [0.5, 0.6) is 0 Å². The van der Waals surface area contributed by atoms with Crippen molar-refractivity contribution >= 4 is 45.7 Å². The summed E-state index contributed by atoms with van der Waals surface area (Å²) in [5.74, 6) is -0.822. The van der Waals surface area contributed by atoms with Crippen LogP contribution in [0, 0.1) is 11.3 Å². The Labute approximate surface area is 351 Å². The summed E-state index contributed by atoms with van der Waals surface area (Å²) in [6.45, 7) is 18.2. The first-order valence-electron chi connectivity index (χ1n) is 21.5. The molecule has 1 aliphatic carbocycles. The molecule has 4 aliphatic rings. The van der Waals surface area contributed by atoms with Crippen LogP contribution >= 0.6 is 11.3 Å². The fourth-order valence-corrected chi connectivity index (χ4v) is 9.76. The Hall–Kier alpha value is -4.37. The number of rotatable bonds is 8. The molecular formula is C45H60N8O5S. The van der Waals surface area contributed by atoms with Gasteiger partial charge in [0.1, 0.15) is 12.1 Å². The van der Waals surface area contributed by atoms with Crippen LogP contribution in [0.4, 0.5) is 5.69 Å². The molecule has 6 heterocycles. The minimum atomic E-state index is -0.815. The first-order chi connectivity index (χ1) is 28.3. The van der Waals surface area contributed by atoms with Gasteiger partial charge in [-0.3, -0.25) is 29.3 Å². The zero-order valence-electron chi connectivity index (χ0n) is 35.7. The van der Waals surface area contributed by atoms with E-state index in [0.29, 0.717) is 31.8 Å². The smallest absolute Gasteiger partial charge is 0.324 e.